The Hall–Kier alpha value is -2.60. The van der Waals surface area contributed by atoms with Crippen molar-refractivity contribution in [3.05, 3.63) is 47.9 Å². The first-order valence-corrected chi connectivity index (χ1v) is 8.76. The topological polar surface area (TPSA) is 83.1 Å². The van der Waals surface area contributed by atoms with Gasteiger partial charge in [-0.15, -0.1) is 0 Å². The first-order chi connectivity index (χ1) is 12.3. The molecule has 1 fully saturated rings. The highest BCUT2D eigenvalue weighted by atomic mass is 16.5. The van der Waals surface area contributed by atoms with Crippen molar-refractivity contribution in [3.8, 4) is 5.75 Å². The van der Waals surface area contributed by atoms with Crippen molar-refractivity contribution in [2.75, 3.05) is 11.9 Å². The summed E-state index contributed by atoms with van der Waals surface area (Å²) in [7, 11) is 0. The van der Waals surface area contributed by atoms with Crippen LogP contribution in [0.4, 0.5) is 5.82 Å². The number of nitrogens with one attached hydrogen (secondary N) is 2. The van der Waals surface area contributed by atoms with Gasteiger partial charge < -0.3 is 20.1 Å². The number of aromatic nitrogens is 3. The summed E-state index contributed by atoms with van der Waals surface area (Å²) < 4.78 is 5.63. The molecule has 5 rings (SSSR count). The number of benzene rings is 1. The first-order valence-electron chi connectivity index (χ1n) is 8.76. The van der Waals surface area contributed by atoms with Crippen LogP contribution in [0.15, 0.2) is 36.8 Å². The highest BCUT2D eigenvalue weighted by molar-refractivity contribution is 5.86. The van der Waals surface area contributed by atoms with Gasteiger partial charge in [0, 0.05) is 12.6 Å². The van der Waals surface area contributed by atoms with E-state index in [1.165, 1.54) is 11.1 Å². The average Bonchev–Trinajstić information content (AvgIpc) is 3.25. The van der Waals surface area contributed by atoms with Crippen LogP contribution in [0.5, 0.6) is 5.75 Å². The van der Waals surface area contributed by atoms with Gasteiger partial charge in [0.25, 0.3) is 0 Å². The van der Waals surface area contributed by atoms with Crippen molar-refractivity contribution in [1.82, 2.24) is 15.0 Å². The van der Waals surface area contributed by atoms with Crippen molar-refractivity contribution < 1.29 is 9.84 Å². The summed E-state index contributed by atoms with van der Waals surface area (Å²) in [5.41, 5.74) is 3.31. The number of rotatable bonds is 4. The Morgan fingerprint density at radius 3 is 3.04 bits per heavy atom. The van der Waals surface area contributed by atoms with E-state index in [0.717, 1.165) is 48.5 Å². The smallest absolute Gasteiger partial charge is 0.142 e. The van der Waals surface area contributed by atoms with Gasteiger partial charge in [-0.05, 0) is 48.1 Å². The maximum absolute atomic E-state index is 9.80. The van der Waals surface area contributed by atoms with Crippen molar-refractivity contribution in [1.29, 1.82) is 0 Å². The Bertz CT molecular complexity index is 917. The number of nitrogens with zero attached hydrogens (tertiary/aromatic N) is 2. The number of aromatic amines is 1. The molecule has 2 aliphatic rings. The molecule has 3 N–H and O–H groups in total. The molecule has 0 amide bonds. The maximum Gasteiger partial charge on any atom is 0.142 e. The Labute approximate surface area is 145 Å². The zero-order valence-electron chi connectivity index (χ0n) is 13.8. The normalized spacial score (nSPS) is 22.9. The summed E-state index contributed by atoms with van der Waals surface area (Å²) >= 11 is 0. The predicted molar refractivity (Wildman–Crippen MR) is 94.6 cm³/mol. The average molecular weight is 336 g/mol. The van der Waals surface area contributed by atoms with E-state index < -0.39 is 0 Å². The van der Waals surface area contributed by atoms with Crippen molar-refractivity contribution in [2.45, 2.75) is 31.4 Å². The zero-order valence-corrected chi connectivity index (χ0v) is 13.8. The molecule has 1 saturated carbocycles. The van der Waals surface area contributed by atoms with Gasteiger partial charge in [-0.2, -0.15) is 0 Å². The molecule has 0 radical (unpaired) electrons. The van der Waals surface area contributed by atoms with E-state index in [-0.39, 0.29) is 12.1 Å². The van der Waals surface area contributed by atoms with Gasteiger partial charge >= 0.3 is 0 Å². The molecule has 0 unspecified atom stereocenters. The summed E-state index contributed by atoms with van der Waals surface area (Å²) in [6.45, 7) is 0.759. The van der Waals surface area contributed by atoms with Crippen molar-refractivity contribution >= 4 is 16.9 Å². The Morgan fingerprint density at radius 2 is 2.16 bits per heavy atom. The van der Waals surface area contributed by atoms with Crippen LogP contribution in [0.2, 0.25) is 0 Å². The van der Waals surface area contributed by atoms with Crippen LogP contribution in [0.25, 0.3) is 11.0 Å². The van der Waals surface area contributed by atoms with Gasteiger partial charge in [-0.3, -0.25) is 0 Å². The number of aliphatic hydroxyl groups excluding tert-OH is 1. The van der Waals surface area contributed by atoms with Crippen LogP contribution in [-0.4, -0.2) is 32.8 Å². The lowest BCUT2D eigenvalue weighted by Gasteiger charge is -2.38. The van der Waals surface area contributed by atoms with Crippen LogP contribution in [0.1, 0.15) is 30.0 Å². The van der Waals surface area contributed by atoms with Crippen molar-refractivity contribution in [2.24, 2.45) is 5.92 Å². The molecule has 3 heterocycles. The van der Waals surface area contributed by atoms with Gasteiger partial charge in [-0.1, -0.05) is 6.07 Å². The third-order valence-corrected chi connectivity index (χ3v) is 5.34. The van der Waals surface area contributed by atoms with Crippen LogP contribution in [0, 0.1) is 5.92 Å². The molecule has 6 heteroatoms. The Balaban J connectivity index is 1.51. The van der Waals surface area contributed by atoms with E-state index in [4.69, 9.17) is 4.74 Å². The van der Waals surface area contributed by atoms with E-state index in [2.05, 4.69) is 38.5 Å². The van der Waals surface area contributed by atoms with Gasteiger partial charge in [0.15, 0.2) is 0 Å². The number of H-pyrrole nitrogens is 1. The summed E-state index contributed by atoms with van der Waals surface area (Å²) in [4.78, 5) is 11.8. The molecule has 1 aliphatic carbocycles. The third-order valence-electron chi connectivity index (χ3n) is 5.34. The predicted octanol–water partition coefficient (Wildman–Crippen LogP) is 2.82. The van der Waals surface area contributed by atoms with E-state index in [1.54, 1.807) is 6.33 Å². The number of aliphatic hydroxyl groups is 1. The second-order valence-electron chi connectivity index (χ2n) is 6.94. The molecule has 1 aliphatic heterocycles. The first kappa shape index (κ1) is 14.7. The largest absolute Gasteiger partial charge is 0.493 e. The van der Waals surface area contributed by atoms with Crippen LogP contribution >= 0.6 is 0 Å². The molecule has 6 nitrogen and oxygen atoms in total. The molecule has 1 atom stereocenters. The summed E-state index contributed by atoms with van der Waals surface area (Å²) in [5, 5.41) is 14.4. The minimum atomic E-state index is -0.190. The van der Waals surface area contributed by atoms with E-state index in [1.807, 2.05) is 12.3 Å². The molecular weight excluding hydrogens is 316 g/mol. The Kier molecular flexibility index (Phi) is 3.38. The fourth-order valence-electron chi connectivity index (χ4n) is 3.91. The maximum atomic E-state index is 9.80. The molecule has 0 spiro atoms. The quantitative estimate of drug-likeness (QED) is 0.682. The minimum Gasteiger partial charge on any atom is -0.493 e. The molecule has 2 aromatic heterocycles. The third kappa shape index (κ3) is 2.53. The lowest BCUT2D eigenvalue weighted by molar-refractivity contribution is 0.0339. The minimum absolute atomic E-state index is 0.113. The van der Waals surface area contributed by atoms with Gasteiger partial charge in [-0.25, -0.2) is 9.97 Å². The molecule has 25 heavy (non-hydrogen) atoms. The van der Waals surface area contributed by atoms with Gasteiger partial charge in [0.1, 0.15) is 23.5 Å². The number of hydrogen-bond donors (Lipinski definition) is 3. The van der Waals surface area contributed by atoms with Crippen molar-refractivity contribution in [3.63, 3.8) is 0 Å². The van der Waals surface area contributed by atoms with Crippen LogP contribution in [0.3, 0.4) is 0 Å². The standard InChI is InChI=1S/C19H20N4O2/c24-14-8-13(9-14)17(12-1-2-16-11(7-12)4-6-25-16)23-19-15-3-5-20-18(15)21-10-22-19/h1-3,5,7,10,13-14,17,24H,4,6,8-9H2,(H2,20,21,22,23)/t13?,14?,17-/m0/s1. The monoisotopic (exact) mass is 336 g/mol. The van der Waals surface area contributed by atoms with E-state index >= 15 is 0 Å². The zero-order chi connectivity index (χ0) is 16.8. The second kappa shape index (κ2) is 5.74. The summed E-state index contributed by atoms with van der Waals surface area (Å²) in [6, 6.07) is 8.53. The highest BCUT2D eigenvalue weighted by Crippen LogP contribution is 2.41. The highest BCUT2D eigenvalue weighted by Gasteiger charge is 2.35. The lowest BCUT2D eigenvalue weighted by Crippen LogP contribution is -2.36. The molecular formula is C19H20N4O2. The number of fused-ring (bicyclic) bond motifs is 2. The van der Waals surface area contributed by atoms with Crippen LogP contribution in [-0.2, 0) is 6.42 Å². The SMILES string of the molecule is OC1CC([C@@H](Nc2ncnc3[nH]ccc23)c2ccc3c(c2)CCO3)C1. The number of hydrogen-bond acceptors (Lipinski definition) is 5. The summed E-state index contributed by atoms with van der Waals surface area (Å²) in [6.07, 6.45) is 5.84. The number of anilines is 1. The molecule has 0 saturated heterocycles. The lowest BCUT2D eigenvalue weighted by atomic mass is 9.75. The molecule has 1 aromatic carbocycles. The second-order valence-corrected chi connectivity index (χ2v) is 6.94. The fourth-order valence-corrected chi connectivity index (χ4v) is 3.91. The van der Waals surface area contributed by atoms with Gasteiger partial charge in [0.2, 0.25) is 0 Å². The van der Waals surface area contributed by atoms with Crippen LogP contribution < -0.4 is 10.1 Å². The van der Waals surface area contributed by atoms with Gasteiger partial charge in [0.05, 0.1) is 24.1 Å². The molecule has 128 valence electrons. The molecule has 3 aromatic rings. The van der Waals surface area contributed by atoms with E-state index in [0.29, 0.717) is 5.92 Å². The Morgan fingerprint density at radius 1 is 1.24 bits per heavy atom. The van der Waals surface area contributed by atoms with E-state index in [9.17, 15) is 5.11 Å². The summed E-state index contributed by atoms with van der Waals surface area (Å²) in [5.74, 6) is 2.21. The number of ether oxygens (including phenoxy) is 1. The fraction of sp³-hybridized carbons (Fsp3) is 0.368. The molecule has 0 bridgehead atoms.